The molecule has 1 aromatic carbocycles. The van der Waals surface area contributed by atoms with Gasteiger partial charge in [-0.25, -0.2) is 9.05 Å². The van der Waals surface area contributed by atoms with E-state index in [-0.39, 0.29) is 5.41 Å². The smallest absolute Gasteiger partial charge is 0.259 e. The van der Waals surface area contributed by atoms with Crippen LogP contribution < -0.4 is 9.63 Å². The highest BCUT2D eigenvalue weighted by Crippen LogP contribution is 2.68. The topological polar surface area (TPSA) is 54.0 Å². The molecular weight excluding hydrogens is 289 g/mol. The van der Waals surface area contributed by atoms with Crippen molar-refractivity contribution in [3.8, 4) is 5.75 Å². The number of nitrogens with zero attached hydrogens (tertiary/aromatic N) is 1. The fourth-order valence-corrected chi connectivity index (χ4v) is 4.81. The van der Waals surface area contributed by atoms with Crippen molar-refractivity contribution < 1.29 is 18.7 Å². The Morgan fingerprint density at radius 1 is 1.19 bits per heavy atom. The van der Waals surface area contributed by atoms with E-state index in [4.69, 9.17) is 13.8 Å². The Kier molecular flexibility index (Phi) is 4.91. The van der Waals surface area contributed by atoms with E-state index in [1.54, 1.807) is 7.11 Å². The minimum Gasteiger partial charge on any atom is -0.630 e. The van der Waals surface area contributed by atoms with Gasteiger partial charge in [0.25, 0.3) is 7.94 Å². The van der Waals surface area contributed by atoms with Gasteiger partial charge >= 0.3 is 0 Å². The number of methoxy groups -OCH3 is 1. The summed E-state index contributed by atoms with van der Waals surface area (Å²) in [6.07, 6.45) is 0. The first kappa shape index (κ1) is 16.7. The fraction of sp³-hybridized carbons (Fsp3) is 0.600. The Hall–Kier alpha value is -0.710. The van der Waals surface area contributed by atoms with Gasteiger partial charge in [-0.15, -0.1) is 0 Å². The molecule has 0 bridgehead atoms. The molecule has 0 spiro atoms. The fourth-order valence-electron chi connectivity index (χ4n) is 2.29. The molecule has 0 aromatic heterocycles. The molecule has 1 saturated heterocycles. The van der Waals surface area contributed by atoms with Gasteiger partial charge in [0.05, 0.1) is 7.11 Å². The third-order valence-electron chi connectivity index (χ3n) is 3.47. The highest BCUT2D eigenvalue weighted by Gasteiger charge is 2.49. The highest BCUT2D eigenvalue weighted by atomic mass is 31.2. The molecule has 1 heterocycles. The zero-order valence-electron chi connectivity index (χ0n) is 13.3. The molecule has 21 heavy (non-hydrogen) atoms. The van der Waals surface area contributed by atoms with Gasteiger partial charge in [0.1, 0.15) is 19.0 Å². The highest BCUT2D eigenvalue weighted by molar-refractivity contribution is 7.59. The van der Waals surface area contributed by atoms with E-state index in [1.165, 1.54) is 0 Å². The summed E-state index contributed by atoms with van der Waals surface area (Å²) in [6, 6.07) is 7.50. The lowest BCUT2D eigenvalue weighted by Gasteiger charge is -2.43. The van der Waals surface area contributed by atoms with Crippen LogP contribution in [0.4, 0.5) is 0 Å². The van der Waals surface area contributed by atoms with Gasteiger partial charge in [-0.1, -0.05) is 13.8 Å². The van der Waals surface area contributed by atoms with Crippen LogP contribution in [0.1, 0.15) is 25.2 Å². The number of hydrogen-bond donors (Lipinski definition) is 0. The maximum Gasteiger partial charge on any atom is 0.259 e. The van der Waals surface area contributed by atoms with Crippen molar-refractivity contribution in [3.63, 3.8) is 0 Å². The predicted octanol–water partition coefficient (Wildman–Crippen LogP) is 2.45. The van der Waals surface area contributed by atoms with Gasteiger partial charge < -0.3 is 9.63 Å². The van der Waals surface area contributed by atoms with E-state index in [1.807, 2.05) is 57.1 Å². The molecule has 0 amide bonds. The Morgan fingerprint density at radius 2 is 1.71 bits per heavy atom. The molecule has 1 aliphatic heterocycles. The van der Waals surface area contributed by atoms with Crippen LogP contribution in [0.2, 0.25) is 0 Å². The lowest BCUT2D eigenvalue weighted by atomic mass is 9.97. The Bertz CT molecular complexity index is 465. The Balaban J connectivity index is 2.26. The Labute approximate surface area is 127 Å². The molecule has 1 atom stereocenters. The maximum atomic E-state index is 13.1. The van der Waals surface area contributed by atoms with Crippen LogP contribution in [0.3, 0.4) is 0 Å². The van der Waals surface area contributed by atoms with Crippen molar-refractivity contribution in [2.45, 2.75) is 19.6 Å². The predicted molar refractivity (Wildman–Crippen MR) is 82.0 cm³/mol. The SMILES string of the molecule is COc1ccc(C(N(C)C)[P+]2([O-])OCC(C)(C)CO2)cc1. The molecule has 118 valence electrons. The molecule has 1 fully saturated rings. The van der Waals surface area contributed by atoms with Gasteiger partial charge in [-0.3, -0.25) is 4.90 Å². The van der Waals surface area contributed by atoms with E-state index in [0.717, 1.165) is 11.3 Å². The summed E-state index contributed by atoms with van der Waals surface area (Å²) in [5.74, 6) is 0.348. The second kappa shape index (κ2) is 6.19. The van der Waals surface area contributed by atoms with Crippen molar-refractivity contribution in [3.05, 3.63) is 29.8 Å². The Morgan fingerprint density at radius 3 is 2.14 bits per heavy atom. The second-order valence-corrected chi connectivity index (χ2v) is 8.45. The summed E-state index contributed by atoms with van der Waals surface area (Å²) < 4.78 is 16.5. The lowest BCUT2D eigenvalue weighted by molar-refractivity contribution is -0.239. The van der Waals surface area contributed by atoms with Gasteiger partial charge in [0.2, 0.25) is 0 Å². The van der Waals surface area contributed by atoms with Crippen molar-refractivity contribution >= 4 is 7.94 Å². The number of benzene rings is 1. The van der Waals surface area contributed by atoms with Crippen LogP contribution in [0.5, 0.6) is 5.75 Å². The minimum absolute atomic E-state index is 0.106. The zero-order chi connectivity index (χ0) is 15.7. The van der Waals surface area contributed by atoms with Crippen molar-refractivity contribution in [2.75, 3.05) is 34.4 Å². The number of ether oxygens (including phenoxy) is 1. The van der Waals surface area contributed by atoms with Crippen LogP contribution in [0, 0.1) is 5.41 Å². The van der Waals surface area contributed by atoms with Crippen LogP contribution in [-0.4, -0.2) is 39.3 Å². The first-order chi connectivity index (χ1) is 9.77. The van der Waals surface area contributed by atoms with Gasteiger partial charge in [-0.05, 0) is 38.4 Å². The molecule has 2 rings (SSSR count). The zero-order valence-corrected chi connectivity index (χ0v) is 14.2. The third-order valence-corrected chi connectivity index (χ3v) is 5.81. The number of hydrogen-bond acceptors (Lipinski definition) is 5. The molecular formula is C15H24NO4P. The maximum absolute atomic E-state index is 13.1. The molecule has 1 aliphatic rings. The quantitative estimate of drug-likeness (QED) is 0.799. The molecule has 5 nitrogen and oxygen atoms in total. The molecule has 0 saturated carbocycles. The van der Waals surface area contributed by atoms with E-state index >= 15 is 0 Å². The van der Waals surface area contributed by atoms with Gasteiger partial charge in [-0.2, -0.15) is 0 Å². The van der Waals surface area contributed by atoms with Crippen molar-refractivity contribution in [2.24, 2.45) is 5.41 Å². The monoisotopic (exact) mass is 313 g/mol. The first-order valence-electron chi connectivity index (χ1n) is 6.97. The van der Waals surface area contributed by atoms with Crippen LogP contribution >= 0.6 is 7.94 Å². The van der Waals surface area contributed by atoms with E-state index in [9.17, 15) is 4.89 Å². The normalized spacial score (nSPS) is 22.0. The molecule has 1 unspecified atom stereocenters. The molecule has 0 aliphatic carbocycles. The standard InChI is InChI=1S/C15H24NO4P/c1-15(2)10-19-21(17,20-11-15)14(16(3)4)12-6-8-13(18-5)9-7-12/h6-9,14H,10-11H2,1-5H3. The molecule has 0 radical (unpaired) electrons. The molecule has 0 N–H and O–H groups in total. The largest absolute Gasteiger partial charge is 0.630 e. The van der Waals surface area contributed by atoms with E-state index < -0.39 is 13.7 Å². The average Bonchev–Trinajstić information content (AvgIpc) is 2.43. The summed E-state index contributed by atoms with van der Waals surface area (Å²) in [5, 5.41) is 0. The molecule has 6 heteroatoms. The van der Waals surface area contributed by atoms with Crippen molar-refractivity contribution in [1.29, 1.82) is 0 Å². The molecule has 1 aromatic rings. The van der Waals surface area contributed by atoms with Crippen LogP contribution in [0.25, 0.3) is 0 Å². The third kappa shape index (κ3) is 3.74. The summed E-state index contributed by atoms with van der Waals surface area (Å²) in [5.41, 5.74) is 0.786. The minimum atomic E-state index is -3.22. The lowest BCUT2D eigenvalue weighted by Crippen LogP contribution is -2.40. The second-order valence-electron chi connectivity index (χ2n) is 6.36. The summed E-state index contributed by atoms with van der Waals surface area (Å²) in [7, 11) is 2.15. The van der Waals surface area contributed by atoms with Gasteiger partial charge in [0, 0.05) is 11.0 Å². The average molecular weight is 313 g/mol. The van der Waals surface area contributed by atoms with Crippen LogP contribution in [-0.2, 0) is 9.05 Å². The first-order valence-corrected chi connectivity index (χ1v) is 8.58. The van der Waals surface area contributed by atoms with E-state index in [2.05, 4.69) is 0 Å². The summed E-state index contributed by atoms with van der Waals surface area (Å²) in [4.78, 5) is 15.0. The van der Waals surface area contributed by atoms with E-state index in [0.29, 0.717) is 13.2 Å². The number of rotatable bonds is 4. The summed E-state index contributed by atoms with van der Waals surface area (Å²) in [6.45, 7) is 4.94. The van der Waals surface area contributed by atoms with Crippen molar-refractivity contribution in [1.82, 2.24) is 4.90 Å². The van der Waals surface area contributed by atoms with Gasteiger partial charge in [0.15, 0.2) is 5.78 Å². The summed E-state index contributed by atoms with van der Waals surface area (Å²) >= 11 is 0. The van der Waals surface area contributed by atoms with Crippen LogP contribution in [0.15, 0.2) is 24.3 Å².